The largest absolute Gasteiger partial charge is 0.496 e. The molecule has 0 saturated carbocycles. The summed E-state index contributed by atoms with van der Waals surface area (Å²) >= 11 is 0. The first-order chi connectivity index (χ1) is 17.4. The second kappa shape index (κ2) is 9.41. The average Bonchev–Trinajstić information content (AvgIpc) is 2.89. The Bertz CT molecular complexity index is 1400. The molecule has 2 aliphatic rings. The lowest BCUT2D eigenvalue weighted by Gasteiger charge is -2.41. The van der Waals surface area contributed by atoms with Crippen molar-refractivity contribution in [3.63, 3.8) is 0 Å². The second-order valence-corrected chi connectivity index (χ2v) is 9.26. The lowest BCUT2D eigenvalue weighted by molar-refractivity contribution is -0.384. The number of non-ortho nitro benzene ring substituents is 1. The Hall–Kier alpha value is -4.26. The highest BCUT2D eigenvalue weighted by Gasteiger charge is 2.43. The van der Waals surface area contributed by atoms with Crippen LogP contribution in [0.3, 0.4) is 0 Å². The van der Waals surface area contributed by atoms with E-state index in [2.05, 4.69) is 0 Å². The SMILES string of the molecule is COc1ccccc1C1CC(=O)N(c2cc([N+](=O)[O-])ccc2C)C2=C1C(=O)CC(c1ccccc1)C2. The van der Waals surface area contributed by atoms with Crippen LogP contribution in [0.1, 0.15) is 47.8 Å². The predicted octanol–water partition coefficient (Wildman–Crippen LogP) is 5.83. The van der Waals surface area contributed by atoms with Crippen molar-refractivity contribution >= 4 is 23.1 Å². The summed E-state index contributed by atoms with van der Waals surface area (Å²) in [6, 6.07) is 21.8. The lowest BCUT2D eigenvalue weighted by Crippen LogP contribution is -2.42. The molecule has 0 bridgehead atoms. The molecule has 0 aromatic heterocycles. The summed E-state index contributed by atoms with van der Waals surface area (Å²) in [6.07, 6.45) is 0.887. The molecule has 0 N–H and O–H groups in total. The zero-order valence-electron chi connectivity index (χ0n) is 20.1. The fourth-order valence-corrected chi connectivity index (χ4v) is 5.45. The number of hydrogen-bond acceptors (Lipinski definition) is 5. The molecule has 1 aliphatic carbocycles. The van der Waals surface area contributed by atoms with E-state index in [-0.39, 0.29) is 29.7 Å². The summed E-state index contributed by atoms with van der Waals surface area (Å²) in [7, 11) is 1.58. The molecule has 1 amide bonds. The van der Waals surface area contributed by atoms with Gasteiger partial charge in [0.15, 0.2) is 5.78 Å². The van der Waals surface area contributed by atoms with Gasteiger partial charge in [0.25, 0.3) is 5.69 Å². The van der Waals surface area contributed by atoms with Crippen LogP contribution in [-0.4, -0.2) is 23.7 Å². The molecule has 182 valence electrons. The molecule has 0 radical (unpaired) electrons. The number of Topliss-reactive ketones (excluding diaryl/α,β-unsaturated/α-hetero) is 1. The van der Waals surface area contributed by atoms with E-state index >= 15 is 0 Å². The Labute approximate surface area is 209 Å². The van der Waals surface area contributed by atoms with Crippen molar-refractivity contribution in [2.45, 2.75) is 38.0 Å². The molecule has 7 nitrogen and oxygen atoms in total. The average molecular weight is 483 g/mol. The van der Waals surface area contributed by atoms with E-state index in [9.17, 15) is 19.7 Å². The molecule has 0 saturated heterocycles. The van der Waals surface area contributed by atoms with E-state index in [1.165, 1.54) is 12.1 Å². The van der Waals surface area contributed by atoms with E-state index in [4.69, 9.17) is 4.74 Å². The second-order valence-electron chi connectivity index (χ2n) is 9.26. The van der Waals surface area contributed by atoms with Gasteiger partial charge in [0.2, 0.25) is 5.91 Å². The number of rotatable bonds is 5. The minimum Gasteiger partial charge on any atom is -0.496 e. The number of nitro benzene ring substituents is 1. The Morgan fingerprint density at radius 1 is 0.944 bits per heavy atom. The van der Waals surface area contributed by atoms with E-state index in [0.29, 0.717) is 35.5 Å². The summed E-state index contributed by atoms with van der Waals surface area (Å²) in [5.74, 6) is -0.122. The molecule has 1 aliphatic heterocycles. The van der Waals surface area contributed by atoms with Gasteiger partial charge in [0.05, 0.1) is 17.7 Å². The number of carbonyl (C=O) groups is 2. The fourth-order valence-electron chi connectivity index (χ4n) is 5.45. The number of ether oxygens (including phenoxy) is 1. The minimum absolute atomic E-state index is 0.0124. The third kappa shape index (κ3) is 4.06. The molecule has 0 spiro atoms. The standard InChI is InChI=1S/C29H26N2O5/c1-18-12-13-21(31(34)35)16-24(18)30-25-14-20(19-8-4-3-5-9-19)15-26(32)29(25)23(17-28(30)33)22-10-6-7-11-27(22)36-2/h3-13,16,20,23H,14-15,17H2,1-2H3. The normalized spacial score (nSPS) is 19.8. The lowest BCUT2D eigenvalue weighted by atomic mass is 9.72. The molecule has 2 unspecified atom stereocenters. The van der Waals surface area contributed by atoms with Crippen LogP contribution in [0.4, 0.5) is 11.4 Å². The summed E-state index contributed by atoms with van der Waals surface area (Å²) in [4.78, 5) is 40.2. The molecule has 3 aromatic carbocycles. The number of methoxy groups -OCH3 is 1. The maximum Gasteiger partial charge on any atom is 0.271 e. The Morgan fingerprint density at radius 2 is 1.67 bits per heavy atom. The topological polar surface area (TPSA) is 89.8 Å². The molecule has 1 heterocycles. The van der Waals surface area contributed by atoms with Crippen molar-refractivity contribution < 1.29 is 19.2 Å². The summed E-state index contributed by atoms with van der Waals surface area (Å²) < 4.78 is 5.58. The fraction of sp³-hybridized carbons (Fsp3) is 0.241. The van der Waals surface area contributed by atoms with Gasteiger partial charge in [0, 0.05) is 47.7 Å². The molecule has 2 atom stereocenters. The monoisotopic (exact) mass is 482 g/mol. The zero-order chi connectivity index (χ0) is 25.4. The number of amides is 1. The molecule has 7 heteroatoms. The Kier molecular flexibility index (Phi) is 6.14. The Balaban J connectivity index is 1.71. The number of para-hydroxylation sites is 1. The first-order valence-electron chi connectivity index (χ1n) is 11.9. The first kappa shape index (κ1) is 23.5. The van der Waals surface area contributed by atoms with Crippen LogP contribution in [-0.2, 0) is 9.59 Å². The summed E-state index contributed by atoms with van der Waals surface area (Å²) in [6.45, 7) is 1.82. The van der Waals surface area contributed by atoms with Gasteiger partial charge >= 0.3 is 0 Å². The number of nitro groups is 1. The number of benzene rings is 3. The number of nitrogens with zero attached hydrogens (tertiary/aromatic N) is 2. The van der Waals surface area contributed by atoms with Gasteiger partial charge in [-0.15, -0.1) is 0 Å². The van der Waals surface area contributed by atoms with Gasteiger partial charge in [-0.1, -0.05) is 54.6 Å². The third-order valence-electron chi connectivity index (χ3n) is 7.16. The van der Waals surface area contributed by atoms with Crippen LogP contribution in [0.15, 0.2) is 84.1 Å². The van der Waals surface area contributed by atoms with Crippen LogP contribution >= 0.6 is 0 Å². The number of carbonyl (C=O) groups excluding carboxylic acids is 2. The first-order valence-corrected chi connectivity index (χ1v) is 11.9. The van der Waals surface area contributed by atoms with Crippen LogP contribution in [0.5, 0.6) is 5.75 Å². The molecule has 3 aromatic rings. The maximum atomic E-state index is 13.8. The van der Waals surface area contributed by atoms with Gasteiger partial charge in [-0.2, -0.15) is 0 Å². The van der Waals surface area contributed by atoms with Crippen LogP contribution in [0.25, 0.3) is 0 Å². The van der Waals surface area contributed by atoms with Gasteiger partial charge in [-0.25, -0.2) is 0 Å². The predicted molar refractivity (Wildman–Crippen MR) is 136 cm³/mol. The zero-order valence-corrected chi connectivity index (χ0v) is 20.1. The maximum absolute atomic E-state index is 13.8. The van der Waals surface area contributed by atoms with Crippen molar-refractivity contribution in [2.75, 3.05) is 12.0 Å². The quantitative estimate of drug-likeness (QED) is 0.337. The van der Waals surface area contributed by atoms with Crippen molar-refractivity contribution in [3.05, 3.63) is 111 Å². The smallest absolute Gasteiger partial charge is 0.271 e. The van der Waals surface area contributed by atoms with Gasteiger partial charge < -0.3 is 4.74 Å². The van der Waals surface area contributed by atoms with Crippen molar-refractivity contribution in [2.24, 2.45) is 0 Å². The molecular weight excluding hydrogens is 456 g/mol. The van der Waals surface area contributed by atoms with E-state index < -0.39 is 10.8 Å². The van der Waals surface area contributed by atoms with Crippen LogP contribution in [0, 0.1) is 17.0 Å². The number of allylic oxidation sites excluding steroid dienone is 2. The van der Waals surface area contributed by atoms with Crippen molar-refractivity contribution in [1.29, 1.82) is 0 Å². The van der Waals surface area contributed by atoms with E-state index in [1.807, 2.05) is 61.5 Å². The molecule has 0 fully saturated rings. The summed E-state index contributed by atoms with van der Waals surface area (Å²) in [5.41, 5.74) is 4.11. The van der Waals surface area contributed by atoms with Crippen LogP contribution < -0.4 is 9.64 Å². The number of ketones is 1. The number of hydrogen-bond donors (Lipinski definition) is 0. The Morgan fingerprint density at radius 3 is 2.39 bits per heavy atom. The van der Waals surface area contributed by atoms with Crippen LogP contribution in [0.2, 0.25) is 0 Å². The third-order valence-corrected chi connectivity index (χ3v) is 7.16. The highest BCUT2D eigenvalue weighted by Crippen LogP contribution is 2.49. The molecule has 5 rings (SSSR count). The van der Waals surface area contributed by atoms with E-state index in [0.717, 1.165) is 16.7 Å². The van der Waals surface area contributed by atoms with Gasteiger partial charge in [-0.3, -0.25) is 24.6 Å². The minimum atomic E-state index is -0.469. The van der Waals surface area contributed by atoms with Gasteiger partial charge in [0.1, 0.15) is 5.75 Å². The molecular formula is C29H26N2O5. The summed E-state index contributed by atoms with van der Waals surface area (Å²) in [5, 5.41) is 11.5. The van der Waals surface area contributed by atoms with Gasteiger partial charge in [-0.05, 0) is 36.5 Å². The van der Waals surface area contributed by atoms with Crippen molar-refractivity contribution in [1.82, 2.24) is 0 Å². The number of anilines is 1. The van der Waals surface area contributed by atoms with E-state index in [1.54, 1.807) is 18.1 Å². The van der Waals surface area contributed by atoms with Crippen molar-refractivity contribution in [3.8, 4) is 5.75 Å². The highest BCUT2D eigenvalue weighted by atomic mass is 16.6. The number of aryl methyl sites for hydroxylation is 1. The highest BCUT2D eigenvalue weighted by molar-refractivity contribution is 6.08. The molecule has 36 heavy (non-hydrogen) atoms.